The molecule has 11 heteroatoms. The number of nitrogens with one attached hydrogen (secondary N) is 1. The lowest BCUT2D eigenvalue weighted by Gasteiger charge is -2.44. The molecule has 0 saturated carbocycles. The lowest BCUT2D eigenvalue weighted by atomic mass is 9.98. The molecule has 4 unspecified atom stereocenters. The van der Waals surface area contributed by atoms with Gasteiger partial charge in [-0.2, -0.15) is 17.0 Å². The first-order valence-corrected chi connectivity index (χ1v) is 13.6. The van der Waals surface area contributed by atoms with Gasteiger partial charge in [-0.3, -0.25) is 4.79 Å². The Kier molecular flexibility index (Phi) is 5.33. The average Bonchev–Trinajstić information content (AvgIpc) is 3.35. The normalized spacial score (nSPS) is 39.5. The molecule has 1 aromatic heterocycles. The SMILES string of the molecule is C[C@H]1CC2C[C@@H](N)CC1N2S(=O)(=O)N1C2CCC1CC(NC(=O)c1cc(C3COC3)on1)C2. The van der Waals surface area contributed by atoms with Gasteiger partial charge in [-0.25, -0.2) is 0 Å². The van der Waals surface area contributed by atoms with Gasteiger partial charge in [-0.15, -0.1) is 0 Å². The molecule has 5 saturated heterocycles. The minimum Gasteiger partial charge on any atom is -0.380 e. The summed E-state index contributed by atoms with van der Waals surface area (Å²) >= 11 is 0. The molecule has 0 spiro atoms. The van der Waals surface area contributed by atoms with Crippen molar-refractivity contribution in [3.05, 3.63) is 17.5 Å². The Morgan fingerprint density at radius 3 is 2.45 bits per heavy atom. The molecule has 5 aliphatic rings. The molecule has 33 heavy (non-hydrogen) atoms. The first-order chi connectivity index (χ1) is 15.8. The van der Waals surface area contributed by atoms with Crippen LogP contribution in [0.25, 0.3) is 0 Å². The van der Waals surface area contributed by atoms with E-state index in [1.54, 1.807) is 14.7 Å². The smallest absolute Gasteiger partial charge is 0.283 e. The summed E-state index contributed by atoms with van der Waals surface area (Å²) in [5, 5.41) is 7.00. The zero-order valence-electron chi connectivity index (χ0n) is 18.9. The van der Waals surface area contributed by atoms with Gasteiger partial charge in [0.2, 0.25) is 0 Å². The third-order valence-corrected chi connectivity index (χ3v) is 10.7. The van der Waals surface area contributed by atoms with E-state index >= 15 is 0 Å². The van der Waals surface area contributed by atoms with Crippen molar-refractivity contribution < 1.29 is 22.5 Å². The van der Waals surface area contributed by atoms with E-state index in [2.05, 4.69) is 17.4 Å². The number of piperidine rings is 2. The Balaban J connectivity index is 1.14. The summed E-state index contributed by atoms with van der Waals surface area (Å²) < 4.78 is 41.8. The molecular weight excluding hydrogens is 446 g/mol. The van der Waals surface area contributed by atoms with Crippen LogP contribution in [0.3, 0.4) is 0 Å². The van der Waals surface area contributed by atoms with Crippen LogP contribution in [0.15, 0.2) is 10.6 Å². The zero-order valence-corrected chi connectivity index (χ0v) is 19.7. The second-order valence-electron chi connectivity index (χ2n) is 10.7. The molecule has 0 aliphatic carbocycles. The van der Waals surface area contributed by atoms with Crippen molar-refractivity contribution in [1.29, 1.82) is 0 Å². The van der Waals surface area contributed by atoms with Crippen molar-refractivity contribution in [2.45, 2.75) is 94.0 Å². The summed E-state index contributed by atoms with van der Waals surface area (Å²) in [7, 11) is -3.56. The van der Waals surface area contributed by atoms with E-state index in [4.69, 9.17) is 15.0 Å². The first kappa shape index (κ1) is 22.0. The van der Waals surface area contributed by atoms with Crippen LogP contribution in [-0.2, 0) is 14.9 Å². The molecule has 1 amide bonds. The fraction of sp³-hybridized carbons (Fsp3) is 0.818. The highest BCUT2D eigenvalue weighted by molar-refractivity contribution is 7.86. The number of nitrogens with two attached hydrogens (primary N) is 1. The number of hydrogen-bond donors (Lipinski definition) is 2. The van der Waals surface area contributed by atoms with E-state index in [1.165, 1.54) is 0 Å². The number of aromatic nitrogens is 1. The largest absolute Gasteiger partial charge is 0.380 e. The third-order valence-electron chi connectivity index (χ3n) is 8.44. The molecule has 182 valence electrons. The van der Waals surface area contributed by atoms with Gasteiger partial charge in [0, 0.05) is 42.3 Å². The van der Waals surface area contributed by atoms with Crippen LogP contribution in [0.5, 0.6) is 0 Å². The molecule has 5 aliphatic heterocycles. The number of nitrogens with zero attached hydrogens (tertiary/aromatic N) is 3. The minimum atomic E-state index is -3.56. The molecule has 6 rings (SSSR count). The van der Waals surface area contributed by atoms with Crippen molar-refractivity contribution in [2.75, 3.05) is 13.2 Å². The van der Waals surface area contributed by atoms with E-state index in [-0.39, 0.29) is 53.8 Å². The maximum Gasteiger partial charge on any atom is 0.283 e. The lowest BCUT2D eigenvalue weighted by Crippen LogP contribution is -2.60. The minimum absolute atomic E-state index is 0.00278. The summed E-state index contributed by atoms with van der Waals surface area (Å²) in [6, 6.07) is 1.56. The van der Waals surface area contributed by atoms with Crippen molar-refractivity contribution in [1.82, 2.24) is 19.1 Å². The van der Waals surface area contributed by atoms with E-state index in [9.17, 15) is 13.2 Å². The summed E-state index contributed by atoms with van der Waals surface area (Å²) in [6.07, 6.45) is 5.31. The van der Waals surface area contributed by atoms with Crippen molar-refractivity contribution >= 4 is 16.1 Å². The molecule has 4 bridgehead atoms. The first-order valence-electron chi connectivity index (χ1n) is 12.2. The molecule has 6 heterocycles. The number of fused-ring (bicyclic) bond motifs is 4. The van der Waals surface area contributed by atoms with Gasteiger partial charge in [-0.05, 0) is 50.9 Å². The molecule has 10 nitrogen and oxygen atoms in total. The highest BCUT2D eigenvalue weighted by atomic mass is 32.2. The van der Waals surface area contributed by atoms with Gasteiger partial charge >= 0.3 is 0 Å². The number of rotatable bonds is 5. The topological polar surface area (TPSA) is 131 Å². The highest BCUT2D eigenvalue weighted by Gasteiger charge is 2.56. The fourth-order valence-electron chi connectivity index (χ4n) is 6.85. The Morgan fingerprint density at radius 2 is 1.82 bits per heavy atom. The number of ether oxygens (including phenoxy) is 1. The van der Waals surface area contributed by atoms with Gasteiger partial charge in [0.05, 0.1) is 19.1 Å². The highest BCUT2D eigenvalue weighted by Crippen LogP contribution is 2.46. The second-order valence-corrected chi connectivity index (χ2v) is 12.4. The second kappa shape index (κ2) is 8.01. The van der Waals surface area contributed by atoms with Gasteiger partial charge in [0.15, 0.2) is 5.69 Å². The van der Waals surface area contributed by atoms with Crippen molar-refractivity contribution in [2.24, 2.45) is 11.7 Å². The maximum atomic E-state index is 13.9. The Hall–Kier alpha value is -1.53. The Bertz CT molecular complexity index is 1010. The Labute approximate surface area is 194 Å². The van der Waals surface area contributed by atoms with E-state index in [0.29, 0.717) is 37.7 Å². The predicted octanol–water partition coefficient (Wildman–Crippen LogP) is 0.959. The summed E-state index contributed by atoms with van der Waals surface area (Å²) in [5.74, 6) is 0.928. The molecule has 5 fully saturated rings. The molecule has 0 aromatic carbocycles. The number of hydrogen-bond acceptors (Lipinski definition) is 7. The number of carbonyl (C=O) groups is 1. The van der Waals surface area contributed by atoms with Gasteiger partial charge in [0.1, 0.15) is 5.76 Å². The quantitative estimate of drug-likeness (QED) is 0.643. The van der Waals surface area contributed by atoms with Crippen LogP contribution in [-0.4, -0.2) is 77.6 Å². The molecule has 3 N–H and O–H groups in total. The van der Waals surface area contributed by atoms with Crippen LogP contribution in [0.1, 0.15) is 74.0 Å². The summed E-state index contributed by atoms with van der Waals surface area (Å²) in [4.78, 5) is 12.8. The van der Waals surface area contributed by atoms with Gasteiger partial charge < -0.3 is 20.3 Å². The monoisotopic (exact) mass is 479 g/mol. The number of carbonyl (C=O) groups excluding carboxylic acids is 1. The van der Waals surface area contributed by atoms with E-state index in [0.717, 1.165) is 32.1 Å². The van der Waals surface area contributed by atoms with Gasteiger partial charge in [-0.1, -0.05) is 12.1 Å². The van der Waals surface area contributed by atoms with Crippen molar-refractivity contribution in [3.63, 3.8) is 0 Å². The molecular formula is C22H33N5O5S. The zero-order chi connectivity index (χ0) is 22.9. The summed E-state index contributed by atoms with van der Waals surface area (Å²) in [5.41, 5.74) is 6.49. The van der Waals surface area contributed by atoms with Crippen molar-refractivity contribution in [3.8, 4) is 0 Å². The molecule has 1 aromatic rings. The standard InChI is InChI=1S/C22H33N5O5S/c1-12-4-18-5-14(23)6-20(12)27(18)33(29,30)26-16-2-3-17(26)8-15(7-16)24-22(28)19-9-21(32-25-19)13-10-31-11-13/h9,12-18,20H,2-8,10-11,23H2,1H3,(H,24,28)/t12-,14+,15?,16?,17?,18?,20?/m0/s1. The Morgan fingerprint density at radius 1 is 1.09 bits per heavy atom. The fourth-order valence-corrected chi connectivity index (χ4v) is 9.39. The van der Waals surface area contributed by atoms with Crippen LogP contribution >= 0.6 is 0 Å². The number of amides is 1. The summed E-state index contributed by atoms with van der Waals surface area (Å²) in [6.45, 7) is 3.33. The van der Waals surface area contributed by atoms with E-state index < -0.39 is 10.2 Å². The van der Waals surface area contributed by atoms with Gasteiger partial charge in [0.25, 0.3) is 16.1 Å². The third kappa shape index (κ3) is 3.63. The lowest BCUT2D eigenvalue weighted by molar-refractivity contribution is -0.00228. The van der Waals surface area contributed by atoms with E-state index in [1.807, 2.05) is 0 Å². The molecule has 0 radical (unpaired) electrons. The average molecular weight is 480 g/mol. The van der Waals surface area contributed by atoms with Crippen LogP contribution in [0.2, 0.25) is 0 Å². The predicted molar refractivity (Wildman–Crippen MR) is 119 cm³/mol. The van der Waals surface area contributed by atoms with Crippen LogP contribution in [0.4, 0.5) is 0 Å². The maximum absolute atomic E-state index is 13.9. The molecule has 6 atom stereocenters. The van der Waals surface area contributed by atoms with Crippen LogP contribution in [0, 0.1) is 5.92 Å². The van der Waals surface area contributed by atoms with Crippen LogP contribution < -0.4 is 11.1 Å².